The molecule has 0 radical (unpaired) electrons. The Kier molecular flexibility index (Phi) is 6.24. The fourth-order valence-electron chi connectivity index (χ4n) is 1.39. The van der Waals surface area contributed by atoms with Gasteiger partial charge in [-0.2, -0.15) is 0 Å². The molecule has 0 aliphatic heterocycles. The van der Waals surface area contributed by atoms with Crippen molar-refractivity contribution in [3.8, 4) is 5.75 Å². The average Bonchev–Trinajstić information content (AvgIpc) is 2.40. The molecule has 20 heavy (non-hydrogen) atoms. The van der Waals surface area contributed by atoms with Crippen molar-refractivity contribution < 1.29 is 18.7 Å². The summed E-state index contributed by atoms with van der Waals surface area (Å²) in [5.74, 6) is -1.01. The summed E-state index contributed by atoms with van der Waals surface area (Å²) in [6, 6.07) is 3.13. The molecule has 2 amide bonds. The maximum Gasteiger partial charge on any atom is 0.258 e. The van der Waals surface area contributed by atoms with Gasteiger partial charge in [-0.3, -0.25) is 9.59 Å². The van der Waals surface area contributed by atoms with Crippen molar-refractivity contribution in [1.82, 2.24) is 10.6 Å². The monoisotopic (exact) mass is 302 g/mol. The minimum atomic E-state index is -0.650. The molecule has 1 unspecified atom stereocenters. The van der Waals surface area contributed by atoms with Gasteiger partial charge in [-0.25, -0.2) is 4.39 Å². The standard InChI is InChI=1S/C13H16ClFN2O3/c1-3-16-13(19)8(2)17-12(18)7-20-9-4-5-11(15)10(14)6-9/h4-6,8H,3,7H2,1-2H3,(H,16,19)(H,17,18). The Hall–Kier alpha value is -1.82. The highest BCUT2D eigenvalue weighted by Gasteiger charge is 2.14. The molecule has 0 aromatic heterocycles. The molecule has 110 valence electrons. The number of carbonyl (C=O) groups excluding carboxylic acids is 2. The van der Waals surface area contributed by atoms with E-state index < -0.39 is 17.8 Å². The molecule has 0 heterocycles. The van der Waals surface area contributed by atoms with Crippen LogP contribution in [0.2, 0.25) is 5.02 Å². The van der Waals surface area contributed by atoms with Crippen LogP contribution in [0.1, 0.15) is 13.8 Å². The lowest BCUT2D eigenvalue weighted by atomic mass is 10.3. The number of rotatable bonds is 6. The first-order valence-electron chi connectivity index (χ1n) is 6.09. The van der Waals surface area contributed by atoms with Crippen LogP contribution in [0.5, 0.6) is 5.75 Å². The summed E-state index contributed by atoms with van der Waals surface area (Å²) in [6.07, 6.45) is 0. The van der Waals surface area contributed by atoms with Crippen LogP contribution in [0.4, 0.5) is 4.39 Å². The normalized spacial score (nSPS) is 11.6. The van der Waals surface area contributed by atoms with Crippen molar-refractivity contribution in [3.63, 3.8) is 0 Å². The molecule has 2 N–H and O–H groups in total. The molecule has 1 atom stereocenters. The van der Waals surface area contributed by atoms with Crippen molar-refractivity contribution in [3.05, 3.63) is 29.0 Å². The third-order valence-corrected chi connectivity index (χ3v) is 2.67. The Morgan fingerprint density at radius 2 is 2.15 bits per heavy atom. The maximum atomic E-state index is 12.9. The van der Waals surface area contributed by atoms with Crippen LogP contribution in [0.25, 0.3) is 0 Å². The van der Waals surface area contributed by atoms with Gasteiger partial charge in [0.05, 0.1) is 5.02 Å². The predicted molar refractivity (Wildman–Crippen MR) is 73.2 cm³/mol. The summed E-state index contributed by atoms with van der Waals surface area (Å²) in [6.45, 7) is 3.56. The molecular formula is C13H16ClFN2O3. The van der Waals surface area contributed by atoms with E-state index in [4.69, 9.17) is 16.3 Å². The average molecular weight is 303 g/mol. The lowest BCUT2D eigenvalue weighted by Crippen LogP contribution is -2.46. The van der Waals surface area contributed by atoms with Gasteiger partial charge in [0.25, 0.3) is 5.91 Å². The molecular weight excluding hydrogens is 287 g/mol. The smallest absolute Gasteiger partial charge is 0.258 e. The van der Waals surface area contributed by atoms with Crippen LogP contribution in [0, 0.1) is 5.82 Å². The molecule has 0 aliphatic carbocycles. The number of benzene rings is 1. The fourth-order valence-corrected chi connectivity index (χ4v) is 1.56. The van der Waals surface area contributed by atoms with E-state index in [1.807, 2.05) is 0 Å². The van der Waals surface area contributed by atoms with E-state index >= 15 is 0 Å². The number of carbonyl (C=O) groups is 2. The second-order valence-corrected chi connectivity index (χ2v) is 4.46. The summed E-state index contributed by atoms with van der Waals surface area (Å²) in [7, 11) is 0. The third-order valence-electron chi connectivity index (χ3n) is 2.38. The van der Waals surface area contributed by atoms with Crippen LogP contribution < -0.4 is 15.4 Å². The molecule has 0 bridgehead atoms. The Bertz CT molecular complexity index is 497. The van der Waals surface area contributed by atoms with Crippen molar-refractivity contribution in [1.29, 1.82) is 0 Å². The van der Waals surface area contributed by atoms with Gasteiger partial charge < -0.3 is 15.4 Å². The largest absolute Gasteiger partial charge is 0.484 e. The van der Waals surface area contributed by atoms with Crippen molar-refractivity contribution in [2.24, 2.45) is 0 Å². The Balaban J connectivity index is 2.43. The lowest BCUT2D eigenvalue weighted by molar-refractivity contribution is -0.129. The Morgan fingerprint density at radius 3 is 2.75 bits per heavy atom. The van der Waals surface area contributed by atoms with Crippen LogP contribution in [-0.4, -0.2) is 31.0 Å². The van der Waals surface area contributed by atoms with Gasteiger partial charge >= 0.3 is 0 Å². The van der Waals surface area contributed by atoms with Crippen molar-refractivity contribution >= 4 is 23.4 Å². The first-order valence-corrected chi connectivity index (χ1v) is 6.46. The molecule has 0 spiro atoms. The number of amides is 2. The van der Waals surface area contributed by atoms with Crippen molar-refractivity contribution in [2.45, 2.75) is 19.9 Å². The molecule has 7 heteroatoms. The summed E-state index contributed by atoms with van der Waals surface area (Å²) >= 11 is 5.58. The molecule has 0 saturated heterocycles. The maximum absolute atomic E-state index is 12.9. The molecule has 5 nitrogen and oxygen atoms in total. The number of hydrogen-bond acceptors (Lipinski definition) is 3. The Morgan fingerprint density at radius 1 is 1.45 bits per heavy atom. The molecule has 1 aromatic carbocycles. The second-order valence-electron chi connectivity index (χ2n) is 4.05. The van der Waals surface area contributed by atoms with Crippen LogP contribution in [-0.2, 0) is 9.59 Å². The molecule has 1 aromatic rings. The van der Waals surface area contributed by atoms with Gasteiger partial charge in [0, 0.05) is 12.6 Å². The second kappa shape index (κ2) is 7.69. The zero-order valence-corrected chi connectivity index (χ0v) is 12.0. The minimum Gasteiger partial charge on any atom is -0.484 e. The van der Waals surface area contributed by atoms with Gasteiger partial charge in [-0.05, 0) is 26.0 Å². The highest BCUT2D eigenvalue weighted by Crippen LogP contribution is 2.20. The van der Waals surface area contributed by atoms with Gasteiger partial charge in [-0.1, -0.05) is 11.6 Å². The number of hydrogen-bond donors (Lipinski definition) is 2. The van der Waals surface area contributed by atoms with E-state index in [0.717, 1.165) is 6.07 Å². The number of nitrogens with one attached hydrogen (secondary N) is 2. The number of halogens is 2. The van der Waals surface area contributed by atoms with Crippen molar-refractivity contribution in [2.75, 3.05) is 13.2 Å². The molecule has 1 rings (SSSR count). The van der Waals surface area contributed by atoms with E-state index in [2.05, 4.69) is 10.6 Å². The third kappa shape index (κ3) is 5.05. The lowest BCUT2D eigenvalue weighted by Gasteiger charge is -2.13. The molecule has 0 saturated carbocycles. The van der Waals surface area contributed by atoms with E-state index in [1.165, 1.54) is 12.1 Å². The van der Waals surface area contributed by atoms with Crippen LogP contribution >= 0.6 is 11.6 Å². The molecule has 0 fully saturated rings. The quantitative estimate of drug-likeness (QED) is 0.837. The van der Waals surface area contributed by atoms with E-state index in [1.54, 1.807) is 13.8 Å². The van der Waals surface area contributed by atoms with Gasteiger partial charge in [-0.15, -0.1) is 0 Å². The predicted octanol–water partition coefficient (Wildman–Crippen LogP) is 1.50. The summed E-state index contributed by atoms with van der Waals surface area (Å²) in [5, 5.41) is 4.98. The number of likely N-dealkylation sites (N-methyl/N-ethyl adjacent to an activating group) is 1. The zero-order chi connectivity index (χ0) is 15.1. The summed E-state index contributed by atoms with van der Waals surface area (Å²) < 4.78 is 18.1. The van der Waals surface area contributed by atoms with E-state index in [-0.39, 0.29) is 23.3 Å². The van der Waals surface area contributed by atoms with E-state index in [9.17, 15) is 14.0 Å². The highest BCUT2D eigenvalue weighted by molar-refractivity contribution is 6.30. The summed E-state index contributed by atoms with van der Waals surface area (Å²) in [5.41, 5.74) is 0. The van der Waals surface area contributed by atoms with Gasteiger partial charge in [0.1, 0.15) is 17.6 Å². The zero-order valence-electron chi connectivity index (χ0n) is 11.2. The fraction of sp³-hybridized carbons (Fsp3) is 0.385. The van der Waals surface area contributed by atoms with Crippen LogP contribution in [0.15, 0.2) is 18.2 Å². The topological polar surface area (TPSA) is 67.4 Å². The summed E-state index contributed by atoms with van der Waals surface area (Å²) in [4.78, 5) is 23.0. The molecule has 0 aliphatic rings. The Labute approximate surface area is 121 Å². The number of ether oxygens (including phenoxy) is 1. The minimum absolute atomic E-state index is 0.0846. The van der Waals surface area contributed by atoms with E-state index in [0.29, 0.717) is 6.54 Å². The first-order chi connectivity index (χ1) is 9.43. The first kappa shape index (κ1) is 16.2. The van der Waals surface area contributed by atoms with Crippen LogP contribution in [0.3, 0.4) is 0 Å². The SMILES string of the molecule is CCNC(=O)C(C)NC(=O)COc1ccc(F)c(Cl)c1. The highest BCUT2D eigenvalue weighted by atomic mass is 35.5. The van der Waals surface area contributed by atoms with Gasteiger partial charge in [0.15, 0.2) is 6.61 Å². The van der Waals surface area contributed by atoms with Gasteiger partial charge in [0.2, 0.25) is 5.91 Å².